The van der Waals surface area contributed by atoms with Gasteiger partial charge in [-0.3, -0.25) is 62.9 Å². The van der Waals surface area contributed by atoms with Crippen molar-refractivity contribution in [2.75, 3.05) is 26.2 Å². The molecule has 6 rings (SSSR count). The zero-order chi connectivity index (χ0) is 108. The number of aliphatic carboxylic acids is 1. The van der Waals surface area contributed by atoms with Gasteiger partial charge in [0.2, 0.25) is 70.9 Å². The van der Waals surface area contributed by atoms with E-state index in [2.05, 4.69) is 73.8 Å². The maximum atomic E-state index is 15.7. The number of hydrogen-bond donors (Lipinski definition) is 18. The highest BCUT2D eigenvalue weighted by molar-refractivity contribution is 7.90. The highest BCUT2D eigenvalue weighted by Gasteiger charge is 2.42. The maximum Gasteiger partial charge on any atom is 0.407 e. The zero-order valence-corrected chi connectivity index (χ0v) is 88.2. The number of guanidine groups is 1. The molecule has 0 saturated carbocycles. The van der Waals surface area contributed by atoms with Crippen molar-refractivity contribution in [2.45, 2.75) is 373 Å². The van der Waals surface area contributed by atoms with Crippen molar-refractivity contribution in [3.05, 3.63) is 112 Å². The average molecular weight is 2040 g/mol. The molecular weight excluding hydrogens is 1880 g/mol. The number of benzene rings is 4. The number of sulfonamides is 1. The standard InChI is InChI=1S/C102H155N17O24S/c1-23-24-38-71(84(122)109-61(7)93(131)132)110-88(126)75(46-47-79(103)120)113-85(123)72(39-29-31-50-107-95(133)142-100(15,16)17)111-86(124)74(41-33-52-106-94(105)119-144(136,137)83-59(5)58(4)82-65(60(83)6)48-49-102(21,22)141-82)112-89(127)76(53-57(2)3)115-87(125)73(40-30-32-51-108-96(134)143-101(18,19)20)114-92(130)81(62(8)139-98(9,10)11)118-91(129)77(54-63-42-44-64(45-43-63)140-99(12,13)14)116-90(128)78(55-80(104)121)117-97(135)138-56-70-68-36-27-25-34-66(68)67-35-26-28-37-69(67)70/h25-28,34-37,42-45,57,61-62,70-78,81H,23-24,29-33,38-41,46-56H2,1-22H3,(H2,103,120)(H2,104,121)(H,107,133)(H,108,134)(H,109,122)(H,110,126)(H,111,124)(H,112,127)(H,113,123)(H,114,130)(H,115,125)(H,116,128)(H,117,135)(H,118,129)(H,131,132)(H3,105,106,119)/t61-,62+,71-,72-,73-,74-,75-,76-,77-,78-,81-/m0/s1. The Morgan fingerprint density at radius 1 is 0.493 bits per heavy atom. The van der Waals surface area contributed by atoms with Gasteiger partial charge in [-0.15, -0.1) is 0 Å². The van der Waals surface area contributed by atoms with E-state index in [-0.39, 0.29) is 95.3 Å². The van der Waals surface area contributed by atoms with E-state index < -0.39 is 237 Å². The zero-order valence-electron chi connectivity index (χ0n) is 87.4. The van der Waals surface area contributed by atoms with Crippen LogP contribution in [0.2, 0.25) is 0 Å². The third kappa shape index (κ3) is 40.0. The summed E-state index contributed by atoms with van der Waals surface area (Å²) in [5.74, 6) is -13.1. The highest BCUT2D eigenvalue weighted by atomic mass is 32.2. The number of nitrogens with two attached hydrogens (primary N) is 2. The SMILES string of the molecule is CCCC[C@H](NC(=O)[C@H](CCC(N)=O)NC(=O)[C@H](CCCCNC(=O)OC(C)(C)C)NC(=O)[C@H](CCCNC(=N)NS(=O)(=O)c1c(C)c(C)c2c(c1C)CCC(C)(C)O2)NC(=O)[C@H](CC(C)C)NC(=O)[C@H](CCCCNC(=O)OC(C)(C)C)NC(=O)[C@@H](NC(=O)[C@H](Cc1ccc(OC(C)(C)C)cc1)NC(=O)[C@H](CC(N)=O)NC(=O)OCC1c2ccccc2-c2ccccc21)[C@@H](C)OC(C)(C)C)C(=O)N[C@@H](C)C(=O)O. The molecule has 1 aliphatic carbocycles. The Bertz CT molecular complexity index is 5250. The van der Waals surface area contributed by atoms with E-state index >= 15 is 28.8 Å². The van der Waals surface area contributed by atoms with E-state index in [0.29, 0.717) is 65.0 Å². The first-order chi connectivity index (χ1) is 67.0. The van der Waals surface area contributed by atoms with Crippen LogP contribution in [-0.4, -0.2) is 229 Å². The number of carboxylic acid groups (broad SMARTS) is 1. The van der Waals surface area contributed by atoms with Gasteiger partial charge in [0, 0.05) is 38.4 Å². The summed E-state index contributed by atoms with van der Waals surface area (Å²) in [5, 5.41) is 53.0. The van der Waals surface area contributed by atoms with Crippen LogP contribution in [0.25, 0.3) is 11.1 Å². The second kappa shape index (κ2) is 54.2. The lowest BCUT2D eigenvalue weighted by atomic mass is 9.88. The Morgan fingerprint density at radius 3 is 1.41 bits per heavy atom. The van der Waals surface area contributed by atoms with E-state index in [1.54, 1.807) is 128 Å². The lowest BCUT2D eigenvalue weighted by Crippen LogP contribution is -2.62. The number of ether oxygens (including phenoxy) is 6. The van der Waals surface area contributed by atoms with Crippen LogP contribution >= 0.6 is 0 Å². The molecule has 14 amide bonds. The molecule has 0 unspecified atom stereocenters. The van der Waals surface area contributed by atoms with Crippen molar-refractivity contribution >= 4 is 105 Å². The Hall–Kier alpha value is -12.9. The monoisotopic (exact) mass is 2030 g/mol. The van der Waals surface area contributed by atoms with Gasteiger partial charge in [-0.05, 0) is 283 Å². The normalized spacial score (nSPS) is 15.1. The van der Waals surface area contributed by atoms with Crippen LogP contribution in [0.15, 0.2) is 77.7 Å². The Balaban J connectivity index is 1.41. The molecule has 2 aliphatic rings. The summed E-state index contributed by atoms with van der Waals surface area (Å²) < 4.78 is 66.7. The van der Waals surface area contributed by atoms with Gasteiger partial charge in [0.05, 0.1) is 23.0 Å². The molecule has 0 bridgehead atoms. The van der Waals surface area contributed by atoms with Crippen molar-refractivity contribution in [2.24, 2.45) is 17.4 Å². The fourth-order valence-electron chi connectivity index (χ4n) is 16.4. The molecule has 144 heavy (non-hydrogen) atoms. The van der Waals surface area contributed by atoms with E-state index in [9.17, 15) is 56.7 Å². The first kappa shape index (κ1) is 120. The molecule has 4 aromatic rings. The van der Waals surface area contributed by atoms with Gasteiger partial charge in [0.15, 0.2) is 0 Å². The summed E-state index contributed by atoms with van der Waals surface area (Å²) in [6, 6.07) is 5.45. The Morgan fingerprint density at radius 2 is 0.938 bits per heavy atom. The summed E-state index contributed by atoms with van der Waals surface area (Å²) in [6.45, 7) is 36.8. The van der Waals surface area contributed by atoms with Crippen LogP contribution in [0.5, 0.6) is 11.5 Å². The Labute approximate surface area is 845 Å². The fourth-order valence-corrected chi connectivity index (χ4v) is 17.9. The molecule has 4 aromatic carbocycles. The predicted octanol–water partition coefficient (Wildman–Crippen LogP) is 8.06. The quantitative estimate of drug-likeness (QED) is 0.00859. The minimum atomic E-state index is -4.50. The second-order valence-electron chi connectivity index (χ2n) is 41.7. The Kier molecular flexibility index (Phi) is 45.1. The number of carbonyl (C=O) groups excluding carboxylic acids is 14. The van der Waals surface area contributed by atoms with Gasteiger partial charge in [-0.2, -0.15) is 0 Å². The largest absolute Gasteiger partial charge is 0.488 e. The molecule has 0 fully saturated rings. The number of amides is 14. The number of carboxylic acids is 1. The third-order valence-electron chi connectivity index (χ3n) is 23.4. The number of carbonyl (C=O) groups is 15. The van der Waals surface area contributed by atoms with Gasteiger partial charge in [0.1, 0.15) is 101 Å². The topological polar surface area (TPSA) is 610 Å². The van der Waals surface area contributed by atoms with Crippen molar-refractivity contribution in [3.63, 3.8) is 0 Å². The van der Waals surface area contributed by atoms with Gasteiger partial charge in [-0.25, -0.2) is 27.5 Å². The number of alkyl carbamates (subject to hydrolysis) is 3. The summed E-state index contributed by atoms with van der Waals surface area (Å²) in [6.07, 6.45) is -4.95. The van der Waals surface area contributed by atoms with Gasteiger partial charge in [0.25, 0.3) is 10.0 Å². The first-order valence-corrected chi connectivity index (χ1v) is 50.7. The van der Waals surface area contributed by atoms with Crippen LogP contribution in [0.3, 0.4) is 0 Å². The number of nitrogens with one attached hydrogen (secondary N) is 15. The van der Waals surface area contributed by atoms with E-state index in [0.717, 1.165) is 22.3 Å². The lowest BCUT2D eigenvalue weighted by Gasteiger charge is -2.35. The predicted molar refractivity (Wildman–Crippen MR) is 540 cm³/mol. The summed E-state index contributed by atoms with van der Waals surface area (Å²) in [7, 11) is -4.50. The third-order valence-corrected chi connectivity index (χ3v) is 25.1. The molecule has 0 saturated heterocycles. The molecule has 1 heterocycles. The van der Waals surface area contributed by atoms with Crippen LogP contribution < -0.4 is 94.8 Å². The molecule has 0 radical (unpaired) electrons. The molecule has 20 N–H and O–H groups in total. The molecule has 41 nitrogen and oxygen atoms in total. The highest BCUT2D eigenvalue weighted by Crippen LogP contribution is 2.45. The van der Waals surface area contributed by atoms with E-state index in [4.69, 9.17) is 45.3 Å². The average Bonchev–Trinajstić information content (AvgIpc) is 1.00. The molecule has 11 atom stereocenters. The molecule has 42 heteroatoms. The molecule has 0 aromatic heterocycles. The van der Waals surface area contributed by atoms with Crippen LogP contribution in [0.4, 0.5) is 14.4 Å². The minimum Gasteiger partial charge on any atom is -0.488 e. The molecule has 798 valence electrons. The van der Waals surface area contributed by atoms with Crippen molar-refractivity contribution in [3.8, 4) is 22.6 Å². The summed E-state index contributed by atoms with van der Waals surface area (Å²) >= 11 is 0. The number of hydrogen-bond acceptors (Lipinski definition) is 24. The van der Waals surface area contributed by atoms with Crippen molar-refractivity contribution in [1.82, 2.24) is 73.8 Å². The van der Waals surface area contributed by atoms with E-state index in [1.807, 2.05) is 83.1 Å². The number of unbranched alkanes of at least 4 members (excludes halogenated alkanes) is 3. The van der Waals surface area contributed by atoms with Crippen molar-refractivity contribution < 1.29 is 114 Å². The molecular formula is C102H155N17O24S. The van der Waals surface area contributed by atoms with Gasteiger partial charge < -0.3 is 114 Å². The summed E-state index contributed by atoms with van der Waals surface area (Å²) in [4.78, 5) is 213. The lowest BCUT2D eigenvalue weighted by molar-refractivity contribution is -0.142. The van der Waals surface area contributed by atoms with Crippen LogP contribution in [-0.2, 0) is 99.3 Å². The maximum absolute atomic E-state index is 15.7. The summed E-state index contributed by atoms with van der Waals surface area (Å²) in [5.41, 5.74) is 13.5. The van der Waals surface area contributed by atoms with Gasteiger partial charge in [-0.1, -0.05) is 94.3 Å². The van der Waals surface area contributed by atoms with Crippen molar-refractivity contribution in [1.29, 1.82) is 5.41 Å². The molecule has 0 spiro atoms. The van der Waals surface area contributed by atoms with Crippen LogP contribution in [0.1, 0.15) is 279 Å². The van der Waals surface area contributed by atoms with Crippen LogP contribution in [0, 0.1) is 32.1 Å². The van der Waals surface area contributed by atoms with E-state index in [1.165, 1.54) is 13.8 Å². The second-order valence-corrected chi connectivity index (χ2v) is 43.3. The fraction of sp³-hybridized carbons (Fsp3) is 0.608. The minimum absolute atomic E-state index is 0.000338. The number of rotatable bonds is 53. The number of fused-ring (bicyclic) bond motifs is 4. The smallest absolute Gasteiger partial charge is 0.407 e. The number of primary amides is 2. The molecule has 1 aliphatic heterocycles. The van der Waals surface area contributed by atoms with Gasteiger partial charge >= 0.3 is 24.2 Å². The first-order valence-electron chi connectivity index (χ1n) is 49.3.